The van der Waals surface area contributed by atoms with Gasteiger partial charge in [-0.05, 0) is 38.5 Å². The first-order valence-corrected chi connectivity index (χ1v) is 6.51. The van der Waals surface area contributed by atoms with Gasteiger partial charge in [0.2, 0.25) is 6.34 Å². The van der Waals surface area contributed by atoms with E-state index in [4.69, 9.17) is 11.6 Å². The second-order valence-corrected chi connectivity index (χ2v) is 6.03. The zero-order chi connectivity index (χ0) is 13.2. The van der Waals surface area contributed by atoms with Gasteiger partial charge in [0, 0.05) is 11.4 Å². The van der Waals surface area contributed by atoms with E-state index in [0.29, 0.717) is 4.59 Å². The van der Waals surface area contributed by atoms with Crippen molar-refractivity contribution in [3.05, 3.63) is 34.9 Å². The average molecular weight is 265 g/mol. The summed E-state index contributed by atoms with van der Waals surface area (Å²) in [5, 5.41) is 5.31. The van der Waals surface area contributed by atoms with Crippen LogP contribution in [0.1, 0.15) is 26.3 Å². The van der Waals surface area contributed by atoms with E-state index in [1.165, 1.54) is 5.56 Å². The number of quaternary nitrogens is 1. The Labute approximate surface area is 113 Å². The quantitative estimate of drug-likeness (QED) is 0.747. The number of aliphatic imine (C=N–C) groups is 1. The van der Waals surface area contributed by atoms with Crippen molar-refractivity contribution in [2.45, 2.75) is 32.7 Å². The van der Waals surface area contributed by atoms with Crippen molar-refractivity contribution >= 4 is 24.3 Å². The van der Waals surface area contributed by atoms with Crippen LogP contribution in [0.4, 0.5) is 0 Å². The van der Waals surface area contributed by atoms with Crippen LogP contribution in [-0.4, -0.2) is 29.4 Å². The van der Waals surface area contributed by atoms with Gasteiger partial charge < -0.3 is 0 Å². The number of nitrogens with zero attached hydrogens (tertiary/aromatic N) is 3. The molecule has 18 heavy (non-hydrogen) atoms. The molecule has 0 fully saturated rings. The fourth-order valence-electron chi connectivity index (χ4n) is 2.04. The van der Waals surface area contributed by atoms with E-state index in [-0.39, 0.29) is 5.54 Å². The maximum atomic E-state index is 5.89. The highest BCUT2D eigenvalue weighted by Crippen LogP contribution is 2.26. The first-order chi connectivity index (χ1) is 8.43. The molecule has 0 bridgehead atoms. The molecule has 1 heterocycles. The highest BCUT2D eigenvalue weighted by Gasteiger charge is 2.41. The largest absolute Gasteiger partial charge is 0.218 e. The Morgan fingerprint density at radius 3 is 2.33 bits per heavy atom. The molecule has 1 aromatic carbocycles. The minimum absolute atomic E-state index is 0.0168. The minimum atomic E-state index is 0.0168. The van der Waals surface area contributed by atoms with Crippen LogP contribution in [0.2, 0.25) is 5.02 Å². The Hall–Kier alpha value is -1.19. The maximum absolute atomic E-state index is 5.89. The van der Waals surface area contributed by atoms with E-state index in [1.54, 1.807) is 6.34 Å². The van der Waals surface area contributed by atoms with Crippen molar-refractivity contribution in [2.75, 3.05) is 6.54 Å². The Balaban J connectivity index is 2.10. The second-order valence-electron chi connectivity index (χ2n) is 5.59. The fraction of sp³-hybridized carbons (Fsp3) is 0.429. The molecule has 1 atom stereocenters. The third kappa shape index (κ3) is 2.62. The number of benzene rings is 1. The summed E-state index contributed by atoms with van der Waals surface area (Å²) >= 11 is 5.89. The monoisotopic (exact) mass is 264 g/mol. The first kappa shape index (κ1) is 13.2. The van der Waals surface area contributed by atoms with Crippen LogP contribution >= 0.6 is 11.6 Å². The number of halogens is 1. The van der Waals surface area contributed by atoms with Crippen molar-refractivity contribution in [1.82, 2.24) is 0 Å². The molecule has 0 radical (unpaired) electrons. The highest BCUT2D eigenvalue weighted by atomic mass is 35.5. The summed E-state index contributed by atoms with van der Waals surface area (Å²) in [7, 11) is 0. The van der Waals surface area contributed by atoms with E-state index in [0.717, 1.165) is 18.0 Å². The molecule has 0 amide bonds. The summed E-state index contributed by atoms with van der Waals surface area (Å²) in [5.74, 6) is 0. The molecule has 0 saturated heterocycles. The summed E-state index contributed by atoms with van der Waals surface area (Å²) in [6, 6.07) is 8.00. The van der Waals surface area contributed by atoms with Gasteiger partial charge in [0.25, 0.3) is 0 Å². The van der Waals surface area contributed by atoms with E-state index >= 15 is 0 Å². The Kier molecular flexibility index (Phi) is 3.55. The van der Waals surface area contributed by atoms with E-state index in [1.807, 2.05) is 18.5 Å². The minimum Gasteiger partial charge on any atom is -0.184 e. The van der Waals surface area contributed by atoms with Crippen LogP contribution in [0.15, 0.2) is 34.4 Å². The molecule has 0 N–H and O–H groups in total. The van der Waals surface area contributed by atoms with Crippen molar-refractivity contribution in [2.24, 2.45) is 10.1 Å². The molecular weight excluding hydrogens is 246 g/mol. The predicted octanol–water partition coefficient (Wildman–Crippen LogP) is 3.48. The fourth-order valence-corrected chi connectivity index (χ4v) is 2.17. The summed E-state index contributed by atoms with van der Waals surface area (Å²) < 4.78 is 0.551. The van der Waals surface area contributed by atoms with Gasteiger partial charge in [-0.25, -0.2) is 0 Å². The molecule has 1 aliphatic rings. The van der Waals surface area contributed by atoms with Crippen LogP contribution < -0.4 is 0 Å². The molecule has 0 spiro atoms. The van der Waals surface area contributed by atoms with Gasteiger partial charge in [-0.1, -0.05) is 28.8 Å². The molecule has 1 aromatic rings. The third-order valence-corrected chi connectivity index (χ3v) is 3.65. The second kappa shape index (κ2) is 4.82. The summed E-state index contributed by atoms with van der Waals surface area (Å²) in [4.78, 5) is 4.16. The molecule has 4 heteroatoms. The Morgan fingerprint density at radius 2 is 1.83 bits per heavy atom. The summed E-state index contributed by atoms with van der Waals surface area (Å²) in [6.07, 6.45) is 4.53. The van der Waals surface area contributed by atoms with Crippen LogP contribution in [0.5, 0.6) is 0 Å². The van der Waals surface area contributed by atoms with Crippen LogP contribution in [0.25, 0.3) is 0 Å². The molecule has 2 rings (SSSR count). The predicted molar refractivity (Wildman–Crippen MR) is 77.0 cm³/mol. The molecule has 3 nitrogen and oxygen atoms in total. The standard InChI is InChI=1S/C14H19ClN3/c1-14(2,3)18(11-16-10-17-18)9-8-12-4-6-13(15)7-5-12/h4-7,10-11H,8-9H2,1-3H3/q+1. The Bertz CT molecular complexity index is 457. The van der Waals surface area contributed by atoms with Gasteiger partial charge in [-0.2, -0.15) is 9.58 Å². The maximum Gasteiger partial charge on any atom is 0.218 e. The lowest BCUT2D eigenvalue weighted by Gasteiger charge is -2.37. The SMILES string of the molecule is CC(C)(C)[N+]1(CCc2ccc(Cl)cc2)C=NC=N1. The molecule has 96 valence electrons. The first-order valence-electron chi connectivity index (χ1n) is 6.14. The zero-order valence-corrected chi connectivity index (χ0v) is 11.9. The molecule has 1 aliphatic heterocycles. The molecule has 0 saturated carbocycles. The molecule has 1 unspecified atom stereocenters. The van der Waals surface area contributed by atoms with Crippen molar-refractivity contribution in [3.8, 4) is 0 Å². The lowest BCUT2D eigenvalue weighted by molar-refractivity contribution is -0.887. The van der Waals surface area contributed by atoms with Crippen LogP contribution in [-0.2, 0) is 6.42 Å². The van der Waals surface area contributed by atoms with E-state index in [9.17, 15) is 0 Å². The van der Waals surface area contributed by atoms with Gasteiger partial charge in [-0.3, -0.25) is 0 Å². The number of hydrogen-bond donors (Lipinski definition) is 0. The molecule has 0 aromatic heterocycles. The highest BCUT2D eigenvalue weighted by molar-refractivity contribution is 6.30. The van der Waals surface area contributed by atoms with Crippen molar-refractivity contribution in [1.29, 1.82) is 0 Å². The smallest absolute Gasteiger partial charge is 0.184 e. The Morgan fingerprint density at radius 1 is 1.17 bits per heavy atom. The van der Waals surface area contributed by atoms with E-state index in [2.05, 4.69) is 43.0 Å². The topological polar surface area (TPSA) is 24.7 Å². The third-order valence-electron chi connectivity index (χ3n) is 3.40. The van der Waals surface area contributed by atoms with Gasteiger partial charge in [0.05, 0.1) is 0 Å². The van der Waals surface area contributed by atoms with Gasteiger partial charge in [-0.15, -0.1) is 0 Å². The lowest BCUT2D eigenvalue weighted by atomic mass is 10.0. The van der Waals surface area contributed by atoms with Gasteiger partial charge in [0.1, 0.15) is 12.1 Å². The van der Waals surface area contributed by atoms with Crippen LogP contribution in [0, 0.1) is 0 Å². The normalized spacial score (nSPS) is 22.7. The summed E-state index contributed by atoms with van der Waals surface area (Å²) in [6.45, 7) is 7.46. The van der Waals surface area contributed by atoms with E-state index < -0.39 is 0 Å². The molecular formula is C14H19ClN3+. The van der Waals surface area contributed by atoms with Gasteiger partial charge >= 0.3 is 0 Å². The summed E-state index contributed by atoms with van der Waals surface area (Å²) in [5.41, 5.74) is 1.29. The number of rotatable bonds is 3. The average Bonchev–Trinajstić information content (AvgIpc) is 2.78. The van der Waals surface area contributed by atoms with Crippen molar-refractivity contribution < 1.29 is 4.59 Å². The molecule has 0 aliphatic carbocycles. The van der Waals surface area contributed by atoms with Crippen LogP contribution in [0.3, 0.4) is 0 Å². The number of hydrogen-bond acceptors (Lipinski definition) is 2. The lowest BCUT2D eigenvalue weighted by Crippen LogP contribution is -2.55. The van der Waals surface area contributed by atoms with Gasteiger partial charge in [0.15, 0.2) is 6.34 Å². The van der Waals surface area contributed by atoms with Crippen molar-refractivity contribution in [3.63, 3.8) is 0 Å². The zero-order valence-electron chi connectivity index (χ0n) is 11.1.